The van der Waals surface area contributed by atoms with Crippen molar-refractivity contribution in [2.45, 2.75) is 70.3 Å². The van der Waals surface area contributed by atoms with E-state index >= 15 is 26.3 Å². The number of ether oxygens (including phenoxy) is 1. The summed E-state index contributed by atoms with van der Waals surface area (Å²) in [6.07, 6.45) is 2.36. The fourth-order valence-electron chi connectivity index (χ4n) is 5.03. The van der Waals surface area contributed by atoms with Gasteiger partial charge in [-0.05, 0) is 67.0 Å². The van der Waals surface area contributed by atoms with Crippen molar-refractivity contribution in [2.24, 2.45) is 0 Å². The Balaban J connectivity index is 1.74. The third-order valence-electron chi connectivity index (χ3n) is 6.97. The number of rotatable bonds is 7. The molecule has 0 N–H and O–H groups in total. The molecule has 0 fully saturated rings. The Kier molecular flexibility index (Phi) is 6.88. The third-order valence-corrected chi connectivity index (χ3v) is 6.97. The number of alkyl halides is 4. The van der Waals surface area contributed by atoms with Gasteiger partial charge in [0.2, 0.25) is 0 Å². The minimum absolute atomic E-state index is 0.00883. The number of allylic oxidation sites excluding steroid dienone is 2. The molecule has 0 saturated carbocycles. The van der Waals surface area contributed by atoms with Gasteiger partial charge in [0.05, 0.1) is 11.1 Å². The monoisotopic (exact) mass is 512 g/mol. The molecule has 0 heterocycles. The fraction of sp³-hybridized carbons (Fsp3) is 0.429. The van der Waals surface area contributed by atoms with Crippen LogP contribution in [-0.2, 0) is 29.9 Å². The Labute approximate surface area is 205 Å². The summed E-state index contributed by atoms with van der Waals surface area (Å²) in [5, 5.41) is 0. The molecule has 4 rings (SSSR count). The number of benzene rings is 2. The molecule has 36 heavy (non-hydrogen) atoms. The van der Waals surface area contributed by atoms with Crippen LogP contribution in [0.4, 0.5) is 30.7 Å². The van der Waals surface area contributed by atoms with E-state index in [9.17, 15) is 4.39 Å². The molecular formula is C28H27F7O. The minimum Gasteiger partial charge on any atom is -0.368 e. The Bertz CT molecular complexity index is 1240. The summed E-state index contributed by atoms with van der Waals surface area (Å²) in [5.41, 5.74) is -4.87. The first kappa shape index (κ1) is 26.5. The lowest BCUT2D eigenvalue weighted by Crippen LogP contribution is -2.48. The summed E-state index contributed by atoms with van der Waals surface area (Å²) < 4.78 is 111. The maximum atomic E-state index is 15.4. The molecule has 0 spiro atoms. The Hall–Kier alpha value is -2.61. The van der Waals surface area contributed by atoms with Gasteiger partial charge >= 0.3 is 11.8 Å². The zero-order chi connectivity index (χ0) is 26.5. The van der Waals surface area contributed by atoms with E-state index < -0.39 is 57.2 Å². The molecule has 0 bridgehead atoms. The van der Waals surface area contributed by atoms with E-state index in [0.717, 1.165) is 18.1 Å². The highest BCUT2D eigenvalue weighted by Gasteiger charge is 2.67. The van der Waals surface area contributed by atoms with Crippen molar-refractivity contribution in [1.29, 1.82) is 0 Å². The summed E-state index contributed by atoms with van der Waals surface area (Å²) in [5.74, 6) is -13.5. The first-order chi connectivity index (χ1) is 16.9. The molecule has 2 aliphatic rings. The van der Waals surface area contributed by atoms with Gasteiger partial charge in [-0.25, -0.2) is 13.2 Å². The van der Waals surface area contributed by atoms with E-state index in [1.54, 1.807) is 12.1 Å². The predicted molar refractivity (Wildman–Crippen MR) is 124 cm³/mol. The number of hydrogen-bond donors (Lipinski definition) is 0. The smallest absolute Gasteiger partial charge is 0.343 e. The highest BCUT2D eigenvalue weighted by atomic mass is 19.3. The zero-order valence-electron chi connectivity index (χ0n) is 20.3. The molecule has 194 valence electrons. The number of hydrogen-bond acceptors (Lipinski definition) is 1. The summed E-state index contributed by atoms with van der Waals surface area (Å²) in [6, 6.07) is 7.00. The van der Waals surface area contributed by atoms with Crippen molar-refractivity contribution < 1.29 is 35.5 Å². The first-order valence-corrected chi connectivity index (χ1v) is 12.0. The second-order valence-corrected chi connectivity index (χ2v) is 9.46. The van der Waals surface area contributed by atoms with Crippen LogP contribution in [0.2, 0.25) is 0 Å². The lowest BCUT2D eigenvalue weighted by molar-refractivity contribution is -0.197. The van der Waals surface area contributed by atoms with Crippen LogP contribution in [0.3, 0.4) is 0 Å². The topological polar surface area (TPSA) is 9.23 Å². The molecule has 2 aromatic carbocycles. The molecule has 1 nitrogen and oxygen atoms in total. The van der Waals surface area contributed by atoms with Crippen LogP contribution < -0.4 is 0 Å². The van der Waals surface area contributed by atoms with Crippen LogP contribution in [0.15, 0.2) is 47.8 Å². The van der Waals surface area contributed by atoms with E-state index in [-0.39, 0.29) is 37.0 Å². The highest BCUT2D eigenvalue weighted by Crippen LogP contribution is 2.61. The maximum absolute atomic E-state index is 15.4. The first-order valence-electron chi connectivity index (χ1n) is 12.0. The molecule has 0 aliphatic heterocycles. The second kappa shape index (κ2) is 9.36. The number of aryl methyl sites for hydroxylation is 3. The quantitative estimate of drug-likeness (QED) is 0.340. The average Bonchev–Trinajstić information content (AvgIpc) is 2.80. The molecule has 8 heteroatoms. The Morgan fingerprint density at radius 2 is 1.53 bits per heavy atom. The van der Waals surface area contributed by atoms with E-state index in [1.807, 2.05) is 6.92 Å². The van der Waals surface area contributed by atoms with Crippen LogP contribution in [0.5, 0.6) is 0 Å². The standard InChI is InChI=1S/C28H27F7O/c1-4-6-16-7-8-17(21(29)15-16)9-10-18-11-12-19-20-13-14-26(3,36-5-2)25(31)23(20)28(34,35)27(32,33)22(19)24(18)30/h7-8,11-13,15H,4-6,9-10,14H2,1-3H3. The normalized spacial score (nSPS) is 22.2. The zero-order valence-corrected chi connectivity index (χ0v) is 20.3. The summed E-state index contributed by atoms with van der Waals surface area (Å²) in [4.78, 5) is 0. The van der Waals surface area contributed by atoms with Gasteiger partial charge in [-0.15, -0.1) is 0 Å². The van der Waals surface area contributed by atoms with Crippen molar-refractivity contribution in [3.8, 4) is 0 Å². The van der Waals surface area contributed by atoms with Crippen LogP contribution in [0.25, 0.3) is 5.57 Å². The number of halogens is 7. The molecule has 1 unspecified atom stereocenters. The van der Waals surface area contributed by atoms with Gasteiger partial charge in [0.15, 0.2) is 0 Å². The molecule has 2 aromatic rings. The van der Waals surface area contributed by atoms with Crippen LogP contribution in [0, 0.1) is 11.6 Å². The minimum atomic E-state index is -5.01. The molecule has 0 amide bonds. The lowest BCUT2D eigenvalue weighted by Gasteiger charge is -2.42. The van der Waals surface area contributed by atoms with Crippen molar-refractivity contribution in [1.82, 2.24) is 0 Å². The highest BCUT2D eigenvalue weighted by molar-refractivity contribution is 5.88. The second-order valence-electron chi connectivity index (χ2n) is 9.46. The molecule has 0 aromatic heterocycles. The third kappa shape index (κ3) is 4.07. The maximum Gasteiger partial charge on any atom is 0.343 e. The van der Waals surface area contributed by atoms with Crippen molar-refractivity contribution in [3.05, 3.63) is 87.3 Å². The molecular weight excluding hydrogens is 485 g/mol. The van der Waals surface area contributed by atoms with E-state index in [1.165, 1.54) is 32.1 Å². The van der Waals surface area contributed by atoms with Crippen molar-refractivity contribution >= 4 is 5.57 Å². The van der Waals surface area contributed by atoms with Gasteiger partial charge in [-0.1, -0.05) is 43.7 Å². The summed E-state index contributed by atoms with van der Waals surface area (Å²) in [7, 11) is 0. The van der Waals surface area contributed by atoms with Crippen LogP contribution in [0.1, 0.15) is 61.4 Å². The Morgan fingerprint density at radius 1 is 0.861 bits per heavy atom. The molecule has 1 atom stereocenters. The predicted octanol–water partition coefficient (Wildman–Crippen LogP) is 8.25. The summed E-state index contributed by atoms with van der Waals surface area (Å²) in [6.45, 7) is 4.69. The van der Waals surface area contributed by atoms with Crippen molar-refractivity contribution in [2.75, 3.05) is 6.61 Å². The molecule has 0 saturated heterocycles. The fourth-order valence-corrected chi connectivity index (χ4v) is 5.03. The molecule has 2 aliphatic carbocycles. The Morgan fingerprint density at radius 3 is 2.17 bits per heavy atom. The van der Waals surface area contributed by atoms with E-state index in [2.05, 4.69) is 0 Å². The van der Waals surface area contributed by atoms with E-state index in [4.69, 9.17) is 4.74 Å². The van der Waals surface area contributed by atoms with Gasteiger partial charge in [0.1, 0.15) is 23.1 Å². The van der Waals surface area contributed by atoms with Gasteiger partial charge in [-0.2, -0.15) is 17.6 Å². The van der Waals surface area contributed by atoms with Crippen molar-refractivity contribution in [3.63, 3.8) is 0 Å². The van der Waals surface area contributed by atoms with Gasteiger partial charge in [0, 0.05) is 13.0 Å². The largest absolute Gasteiger partial charge is 0.368 e. The average molecular weight is 513 g/mol. The SMILES string of the molecule is CCCc1ccc(CCc2ccc3c(c2F)C(F)(F)C(F)(F)C2=C(F)C(C)(OCC)CC=C23)c(F)c1. The van der Waals surface area contributed by atoms with Crippen LogP contribution >= 0.6 is 0 Å². The summed E-state index contributed by atoms with van der Waals surface area (Å²) >= 11 is 0. The number of fused-ring (bicyclic) bond motifs is 3. The van der Waals surface area contributed by atoms with Gasteiger partial charge < -0.3 is 4.74 Å². The lowest BCUT2D eigenvalue weighted by atomic mass is 9.72. The van der Waals surface area contributed by atoms with Gasteiger partial charge in [-0.3, -0.25) is 0 Å². The van der Waals surface area contributed by atoms with E-state index in [0.29, 0.717) is 6.42 Å². The molecule has 0 radical (unpaired) electrons. The van der Waals surface area contributed by atoms with Crippen LogP contribution in [-0.4, -0.2) is 18.1 Å². The van der Waals surface area contributed by atoms with Gasteiger partial charge in [0.25, 0.3) is 0 Å².